The molecule has 0 heterocycles. The first-order valence-corrected chi connectivity index (χ1v) is 4.75. The van der Waals surface area contributed by atoms with Gasteiger partial charge in [-0.1, -0.05) is 17.7 Å². The van der Waals surface area contributed by atoms with Gasteiger partial charge in [-0.2, -0.15) is 0 Å². The van der Waals surface area contributed by atoms with Crippen molar-refractivity contribution in [2.75, 3.05) is 6.54 Å². The third kappa shape index (κ3) is 1.69. The maximum Gasteiger partial charge on any atom is 0.128 e. The van der Waals surface area contributed by atoms with Crippen LogP contribution >= 0.6 is 11.6 Å². The van der Waals surface area contributed by atoms with Gasteiger partial charge in [0.1, 0.15) is 5.82 Å². The molecule has 2 rings (SSSR count). The van der Waals surface area contributed by atoms with Gasteiger partial charge in [0.15, 0.2) is 0 Å². The number of benzene rings is 1. The summed E-state index contributed by atoms with van der Waals surface area (Å²) in [7, 11) is 0. The first-order valence-electron chi connectivity index (χ1n) is 4.37. The van der Waals surface area contributed by atoms with E-state index in [9.17, 15) is 4.39 Å². The van der Waals surface area contributed by atoms with Crippen molar-refractivity contribution in [1.29, 1.82) is 0 Å². The molecule has 1 fully saturated rings. The Morgan fingerprint density at radius 3 is 2.85 bits per heavy atom. The van der Waals surface area contributed by atoms with Gasteiger partial charge in [-0.3, -0.25) is 0 Å². The molecule has 0 amide bonds. The normalized spacial score (nSPS) is 26.1. The molecule has 70 valence electrons. The largest absolute Gasteiger partial charge is 0.330 e. The molecule has 1 aromatic rings. The van der Waals surface area contributed by atoms with E-state index in [1.165, 1.54) is 6.07 Å². The Kier molecular flexibility index (Phi) is 2.26. The van der Waals surface area contributed by atoms with Crippen molar-refractivity contribution in [2.24, 2.45) is 11.7 Å². The third-order valence-corrected chi connectivity index (χ3v) is 2.82. The molecule has 3 heteroatoms. The minimum atomic E-state index is -0.201. The fourth-order valence-corrected chi connectivity index (χ4v) is 1.85. The second-order valence-electron chi connectivity index (χ2n) is 3.50. The molecule has 13 heavy (non-hydrogen) atoms. The van der Waals surface area contributed by atoms with Gasteiger partial charge >= 0.3 is 0 Å². The van der Waals surface area contributed by atoms with Crippen LogP contribution in [0.1, 0.15) is 17.9 Å². The molecule has 0 bridgehead atoms. The van der Waals surface area contributed by atoms with Crippen LogP contribution in [0.4, 0.5) is 4.39 Å². The van der Waals surface area contributed by atoms with E-state index in [4.69, 9.17) is 17.3 Å². The van der Waals surface area contributed by atoms with Gasteiger partial charge in [0.2, 0.25) is 0 Å². The molecule has 2 N–H and O–H groups in total. The number of nitrogens with two attached hydrogens (primary N) is 1. The zero-order valence-electron chi connectivity index (χ0n) is 7.13. The Bertz CT molecular complexity index is 327. The van der Waals surface area contributed by atoms with E-state index in [0.717, 1.165) is 12.0 Å². The third-order valence-electron chi connectivity index (χ3n) is 2.59. The lowest BCUT2D eigenvalue weighted by atomic mass is 10.1. The quantitative estimate of drug-likeness (QED) is 0.779. The molecule has 0 spiro atoms. The average Bonchev–Trinajstić information content (AvgIpc) is 2.83. The maximum absolute atomic E-state index is 13.3. The molecular formula is C10H11ClFN. The van der Waals surface area contributed by atoms with Crippen LogP contribution in [0.2, 0.25) is 5.02 Å². The molecular weight excluding hydrogens is 189 g/mol. The second kappa shape index (κ2) is 3.28. The Balaban J connectivity index is 2.22. The van der Waals surface area contributed by atoms with E-state index in [1.54, 1.807) is 12.1 Å². The van der Waals surface area contributed by atoms with E-state index in [2.05, 4.69) is 0 Å². The van der Waals surface area contributed by atoms with E-state index >= 15 is 0 Å². The molecule has 1 saturated carbocycles. The van der Waals surface area contributed by atoms with Crippen molar-refractivity contribution in [2.45, 2.75) is 12.3 Å². The molecule has 1 aliphatic rings. The van der Waals surface area contributed by atoms with Crippen molar-refractivity contribution in [3.63, 3.8) is 0 Å². The summed E-state index contributed by atoms with van der Waals surface area (Å²) < 4.78 is 13.3. The maximum atomic E-state index is 13.3. The first-order chi connectivity index (χ1) is 6.22. The minimum Gasteiger partial charge on any atom is -0.330 e. The number of hydrogen-bond acceptors (Lipinski definition) is 1. The summed E-state index contributed by atoms with van der Waals surface area (Å²) in [5.74, 6) is 0.589. The minimum absolute atomic E-state index is 0.201. The van der Waals surface area contributed by atoms with Crippen LogP contribution < -0.4 is 5.73 Å². The highest BCUT2D eigenvalue weighted by Gasteiger charge is 2.38. The molecule has 1 aliphatic carbocycles. The summed E-state index contributed by atoms with van der Waals surface area (Å²) in [6.07, 6.45) is 1.01. The van der Waals surface area contributed by atoms with Crippen molar-refractivity contribution < 1.29 is 4.39 Å². The first kappa shape index (κ1) is 8.97. The van der Waals surface area contributed by atoms with Gasteiger partial charge < -0.3 is 5.73 Å². The number of hydrogen-bond donors (Lipinski definition) is 1. The topological polar surface area (TPSA) is 26.0 Å². The molecule has 0 saturated heterocycles. The molecule has 2 unspecified atom stereocenters. The smallest absolute Gasteiger partial charge is 0.128 e. The fourth-order valence-electron chi connectivity index (χ4n) is 1.69. The highest BCUT2D eigenvalue weighted by atomic mass is 35.5. The predicted molar refractivity (Wildman–Crippen MR) is 51.3 cm³/mol. The summed E-state index contributed by atoms with van der Waals surface area (Å²) >= 11 is 5.65. The van der Waals surface area contributed by atoms with Crippen molar-refractivity contribution in [1.82, 2.24) is 0 Å². The molecule has 2 atom stereocenters. The van der Waals surface area contributed by atoms with Gasteiger partial charge in [-0.05, 0) is 42.5 Å². The van der Waals surface area contributed by atoms with Gasteiger partial charge in [-0.15, -0.1) is 0 Å². The zero-order valence-corrected chi connectivity index (χ0v) is 7.89. The van der Waals surface area contributed by atoms with Crippen LogP contribution in [0.3, 0.4) is 0 Å². The number of halogens is 2. The van der Waals surface area contributed by atoms with Crippen molar-refractivity contribution >= 4 is 11.6 Å². The standard InChI is InChI=1S/C10H11ClFN/c11-7-1-2-8(10(12)4-7)9-3-6(9)5-13/h1-2,4,6,9H,3,5,13H2. The van der Waals surface area contributed by atoms with E-state index < -0.39 is 0 Å². The van der Waals surface area contributed by atoms with E-state index in [-0.39, 0.29) is 5.82 Å². The summed E-state index contributed by atoms with van der Waals surface area (Å²) in [6.45, 7) is 0.646. The molecule has 0 aromatic heterocycles. The van der Waals surface area contributed by atoms with Gasteiger partial charge in [0.25, 0.3) is 0 Å². The number of rotatable bonds is 2. The lowest BCUT2D eigenvalue weighted by molar-refractivity contribution is 0.606. The lowest BCUT2D eigenvalue weighted by Crippen LogP contribution is -2.02. The Morgan fingerprint density at radius 1 is 1.54 bits per heavy atom. The average molecular weight is 200 g/mol. The van der Waals surface area contributed by atoms with Crippen LogP contribution in [0.15, 0.2) is 18.2 Å². The summed E-state index contributed by atoms with van der Waals surface area (Å²) in [4.78, 5) is 0. The predicted octanol–water partition coefficient (Wildman–Crippen LogP) is 2.54. The Morgan fingerprint density at radius 2 is 2.31 bits per heavy atom. The van der Waals surface area contributed by atoms with Gasteiger partial charge in [-0.25, -0.2) is 4.39 Å². The summed E-state index contributed by atoms with van der Waals surface area (Å²) in [6, 6.07) is 4.85. The SMILES string of the molecule is NCC1CC1c1ccc(Cl)cc1F. The van der Waals surface area contributed by atoms with Crippen molar-refractivity contribution in [3.05, 3.63) is 34.6 Å². The molecule has 1 aromatic carbocycles. The monoisotopic (exact) mass is 199 g/mol. The molecule has 0 radical (unpaired) electrons. The van der Waals surface area contributed by atoms with Crippen LogP contribution in [-0.4, -0.2) is 6.54 Å². The van der Waals surface area contributed by atoms with E-state index in [0.29, 0.717) is 23.4 Å². The highest BCUT2D eigenvalue weighted by Crippen LogP contribution is 2.47. The van der Waals surface area contributed by atoms with Gasteiger partial charge in [0, 0.05) is 5.02 Å². The summed E-state index contributed by atoms with van der Waals surface area (Å²) in [5, 5.41) is 0.450. The Labute approximate surface area is 81.7 Å². The molecule has 1 nitrogen and oxygen atoms in total. The lowest BCUT2D eigenvalue weighted by Gasteiger charge is -2.01. The second-order valence-corrected chi connectivity index (χ2v) is 3.94. The Hall–Kier alpha value is -0.600. The molecule has 0 aliphatic heterocycles. The highest BCUT2D eigenvalue weighted by molar-refractivity contribution is 6.30. The van der Waals surface area contributed by atoms with Crippen LogP contribution in [0.5, 0.6) is 0 Å². The van der Waals surface area contributed by atoms with Crippen LogP contribution in [-0.2, 0) is 0 Å². The van der Waals surface area contributed by atoms with Crippen LogP contribution in [0.25, 0.3) is 0 Å². The van der Waals surface area contributed by atoms with Crippen LogP contribution in [0, 0.1) is 11.7 Å². The summed E-state index contributed by atoms with van der Waals surface area (Å²) in [5.41, 5.74) is 6.26. The van der Waals surface area contributed by atoms with E-state index in [1.807, 2.05) is 0 Å². The zero-order chi connectivity index (χ0) is 9.42. The van der Waals surface area contributed by atoms with Crippen molar-refractivity contribution in [3.8, 4) is 0 Å². The fraction of sp³-hybridized carbons (Fsp3) is 0.400. The van der Waals surface area contributed by atoms with Gasteiger partial charge in [0.05, 0.1) is 0 Å².